The lowest BCUT2D eigenvalue weighted by molar-refractivity contribution is -0.128. The van der Waals surface area contributed by atoms with E-state index in [1.165, 1.54) is 23.3 Å². The fourth-order valence-electron chi connectivity index (χ4n) is 4.67. The number of rotatable bonds is 5. The summed E-state index contributed by atoms with van der Waals surface area (Å²) in [7, 11) is 0. The van der Waals surface area contributed by atoms with E-state index >= 15 is 4.39 Å². The van der Waals surface area contributed by atoms with Gasteiger partial charge in [-0.15, -0.1) is 5.10 Å². The summed E-state index contributed by atoms with van der Waals surface area (Å²) in [6, 6.07) is 6.65. The fourth-order valence-corrected chi connectivity index (χ4v) is 4.67. The summed E-state index contributed by atoms with van der Waals surface area (Å²) in [6.07, 6.45) is 1.66. The highest BCUT2D eigenvalue weighted by Crippen LogP contribution is 2.29. The zero-order valence-electron chi connectivity index (χ0n) is 19.1. The monoisotopic (exact) mass is 469 g/mol. The number of carbonyl (C=O) groups is 1. The number of likely N-dealkylation sites (tertiary alicyclic amines) is 1. The number of H-pyrrole nitrogens is 1. The zero-order chi connectivity index (χ0) is 24.2. The van der Waals surface area contributed by atoms with E-state index in [1.807, 2.05) is 29.7 Å². The molecule has 0 saturated carbocycles. The number of aromatic nitrogens is 5. The zero-order valence-corrected chi connectivity index (χ0v) is 19.1. The van der Waals surface area contributed by atoms with E-state index < -0.39 is 23.9 Å². The first-order chi connectivity index (χ1) is 16.2. The number of anilines is 1. The number of imidazole rings is 1. The van der Waals surface area contributed by atoms with Gasteiger partial charge in [-0.25, -0.2) is 18.3 Å². The van der Waals surface area contributed by atoms with Crippen LogP contribution in [0.4, 0.5) is 14.7 Å². The molecule has 2 N–H and O–H groups in total. The van der Waals surface area contributed by atoms with Gasteiger partial charge in [0.05, 0.1) is 30.2 Å². The van der Waals surface area contributed by atoms with Gasteiger partial charge in [-0.1, -0.05) is 6.07 Å². The third-order valence-electron chi connectivity index (χ3n) is 6.47. The van der Waals surface area contributed by atoms with Crippen LogP contribution in [0, 0.1) is 6.92 Å². The molecule has 3 aromatic heterocycles. The summed E-state index contributed by atoms with van der Waals surface area (Å²) in [5.74, 6) is 0.628. The van der Waals surface area contributed by atoms with Gasteiger partial charge in [0.2, 0.25) is 11.9 Å². The van der Waals surface area contributed by atoms with Gasteiger partial charge in [0.1, 0.15) is 23.7 Å². The van der Waals surface area contributed by atoms with Crippen LogP contribution in [0.5, 0.6) is 0 Å². The minimum absolute atomic E-state index is 0.0267. The van der Waals surface area contributed by atoms with E-state index in [0.29, 0.717) is 11.1 Å². The molecule has 1 aliphatic rings. The van der Waals surface area contributed by atoms with Crippen molar-refractivity contribution in [3.05, 3.63) is 46.6 Å². The summed E-state index contributed by atoms with van der Waals surface area (Å²) in [4.78, 5) is 33.3. The number of nitrogens with zero attached hydrogens (tertiary/aromatic N) is 5. The van der Waals surface area contributed by atoms with Gasteiger partial charge in [0.15, 0.2) is 0 Å². The van der Waals surface area contributed by atoms with Crippen molar-refractivity contribution in [1.82, 2.24) is 29.0 Å². The van der Waals surface area contributed by atoms with Crippen LogP contribution in [-0.2, 0) is 11.3 Å². The predicted molar refractivity (Wildman–Crippen MR) is 124 cm³/mol. The molecule has 2 atom stereocenters. The number of halogens is 2. The van der Waals surface area contributed by atoms with Crippen molar-refractivity contribution < 1.29 is 13.6 Å². The average Bonchev–Trinajstić information content (AvgIpc) is 3.42. The molecule has 5 rings (SSSR count). The lowest BCUT2D eigenvalue weighted by atomic mass is 10.0. The number of hydrogen-bond acceptors (Lipinski definition) is 5. The van der Waals surface area contributed by atoms with E-state index in [1.54, 1.807) is 12.3 Å². The molecule has 178 valence electrons. The molecule has 9 nitrogen and oxygen atoms in total. The summed E-state index contributed by atoms with van der Waals surface area (Å²) in [5.41, 5.74) is 1.23. The number of carbonyl (C=O) groups excluding carboxylic acids is 1. The van der Waals surface area contributed by atoms with Crippen LogP contribution < -0.4 is 10.9 Å². The van der Waals surface area contributed by atoms with E-state index in [9.17, 15) is 14.0 Å². The molecular formula is C23H25F2N7O2. The van der Waals surface area contributed by atoms with Crippen molar-refractivity contribution in [3.8, 4) is 11.1 Å². The Morgan fingerprint density at radius 2 is 2.15 bits per heavy atom. The molecule has 1 aromatic carbocycles. The van der Waals surface area contributed by atoms with Gasteiger partial charge < -0.3 is 14.8 Å². The standard InChI is InChI=1S/C23H25F2N7O2/c1-13-26-17-5-4-15(10-18(17)31(13)9-7-24)16-6-8-32-20(16)21(34)28-22(29-32)27-19-11-30(14(2)33)12-23(19,3)25/h4-6,8,10,19H,7,9,11-12H2,1-3H3,(H2,27,28,29,34)/t19-,23?/m1/s1. The molecule has 0 radical (unpaired) electrons. The van der Waals surface area contributed by atoms with Crippen LogP contribution in [-0.4, -0.2) is 66.4 Å². The second-order valence-corrected chi connectivity index (χ2v) is 8.90. The molecule has 1 fully saturated rings. The molecule has 4 heterocycles. The number of fused-ring (bicyclic) bond motifs is 2. The van der Waals surface area contributed by atoms with Crippen LogP contribution in [0.15, 0.2) is 35.3 Å². The lowest BCUT2D eigenvalue weighted by Gasteiger charge is -2.22. The highest BCUT2D eigenvalue weighted by molar-refractivity contribution is 5.87. The lowest BCUT2D eigenvalue weighted by Crippen LogP contribution is -2.40. The number of aryl methyl sites for hydroxylation is 2. The molecule has 4 aromatic rings. The molecular weight excluding hydrogens is 444 g/mol. The Balaban J connectivity index is 1.51. The number of nitrogens with one attached hydrogen (secondary N) is 2. The number of alkyl halides is 2. The maximum Gasteiger partial charge on any atom is 0.277 e. The van der Waals surface area contributed by atoms with E-state index in [4.69, 9.17) is 0 Å². The molecule has 0 aliphatic carbocycles. The van der Waals surface area contributed by atoms with Crippen molar-refractivity contribution in [3.63, 3.8) is 0 Å². The quantitative estimate of drug-likeness (QED) is 0.468. The predicted octanol–water partition coefficient (Wildman–Crippen LogP) is 2.69. The summed E-state index contributed by atoms with van der Waals surface area (Å²) in [6.45, 7) is 4.49. The molecule has 1 unspecified atom stereocenters. The molecule has 1 amide bonds. The molecule has 1 saturated heterocycles. The van der Waals surface area contributed by atoms with Gasteiger partial charge in [0.25, 0.3) is 5.56 Å². The Kier molecular flexibility index (Phi) is 5.14. The van der Waals surface area contributed by atoms with Gasteiger partial charge in [0, 0.05) is 25.2 Å². The van der Waals surface area contributed by atoms with Crippen LogP contribution >= 0.6 is 0 Å². The maximum atomic E-state index is 15.0. The Bertz CT molecular complexity index is 1470. The highest BCUT2D eigenvalue weighted by atomic mass is 19.1. The molecule has 1 aliphatic heterocycles. The molecule has 0 spiro atoms. The third kappa shape index (κ3) is 3.61. The normalized spacial score (nSPS) is 20.5. The number of amides is 1. The maximum absolute atomic E-state index is 15.0. The topological polar surface area (TPSA) is 100 Å². The van der Waals surface area contributed by atoms with Crippen molar-refractivity contribution in [2.45, 2.75) is 39.0 Å². The van der Waals surface area contributed by atoms with Crippen LogP contribution in [0.25, 0.3) is 27.7 Å². The smallest absolute Gasteiger partial charge is 0.277 e. The summed E-state index contributed by atoms with van der Waals surface area (Å²) in [5, 5.41) is 7.35. The van der Waals surface area contributed by atoms with Crippen molar-refractivity contribution in [2.75, 3.05) is 25.1 Å². The molecule has 0 bridgehead atoms. The first-order valence-electron chi connectivity index (χ1n) is 11.0. The van der Waals surface area contributed by atoms with Crippen LogP contribution in [0.3, 0.4) is 0 Å². The van der Waals surface area contributed by atoms with Crippen LogP contribution in [0.2, 0.25) is 0 Å². The second-order valence-electron chi connectivity index (χ2n) is 8.90. The van der Waals surface area contributed by atoms with Crippen molar-refractivity contribution >= 4 is 28.4 Å². The van der Waals surface area contributed by atoms with Gasteiger partial charge in [-0.2, -0.15) is 0 Å². The average molecular weight is 469 g/mol. The van der Waals surface area contributed by atoms with E-state index in [-0.39, 0.29) is 31.5 Å². The molecule has 34 heavy (non-hydrogen) atoms. The van der Waals surface area contributed by atoms with Crippen molar-refractivity contribution in [2.24, 2.45) is 0 Å². The Hall–Kier alpha value is -3.76. The van der Waals surface area contributed by atoms with Crippen molar-refractivity contribution in [1.29, 1.82) is 0 Å². The minimum Gasteiger partial charge on any atom is -0.347 e. The number of benzene rings is 1. The molecule has 11 heteroatoms. The Morgan fingerprint density at radius 1 is 1.35 bits per heavy atom. The highest BCUT2D eigenvalue weighted by Gasteiger charge is 2.45. The second kappa shape index (κ2) is 7.93. The van der Waals surface area contributed by atoms with Gasteiger partial charge >= 0.3 is 0 Å². The SMILES string of the molecule is CC(=O)N1C[C@@H](Nc2nn3ccc(-c4ccc5nc(C)n(CCF)c5c4)c3c(=O)[nH]2)C(C)(F)C1. The first kappa shape index (κ1) is 22.1. The van der Waals surface area contributed by atoms with E-state index in [2.05, 4.69) is 20.4 Å². The number of hydrogen-bond donors (Lipinski definition) is 2. The minimum atomic E-state index is -1.67. The van der Waals surface area contributed by atoms with E-state index in [0.717, 1.165) is 22.4 Å². The van der Waals surface area contributed by atoms with Gasteiger partial charge in [-0.05, 0) is 37.6 Å². The fraction of sp³-hybridized carbons (Fsp3) is 0.391. The Morgan fingerprint density at radius 3 is 2.85 bits per heavy atom. The largest absolute Gasteiger partial charge is 0.347 e. The summed E-state index contributed by atoms with van der Waals surface area (Å²) >= 11 is 0. The summed E-state index contributed by atoms with van der Waals surface area (Å²) < 4.78 is 31.3. The first-order valence-corrected chi connectivity index (χ1v) is 11.0. The van der Waals surface area contributed by atoms with Crippen LogP contribution in [0.1, 0.15) is 19.7 Å². The Labute approximate surface area is 193 Å². The van der Waals surface area contributed by atoms with Gasteiger partial charge in [-0.3, -0.25) is 14.6 Å². The number of aromatic amines is 1. The third-order valence-corrected chi connectivity index (χ3v) is 6.47.